The summed E-state index contributed by atoms with van der Waals surface area (Å²) in [5.41, 5.74) is 1.16. The molecule has 3 heteroatoms. The summed E-state index contributed by atoms with van der Waals surface area (Å²) in [5.74, 6) is 1.25. The van der Waals surface area contributed by atoms with Crippen molar-refractivity contribution in [2.24, 2.45) is 11.8 Å². The van der Waals surface area contributed by atoms with Crippen LogP contribution in [0.1, 0.15) is 26.3 Å². The van der Waals surface area contributed by atoms with Crippen LogP contribution in [0.5, 0.6) is 0 Å². The number of hydrogen-bond acceptors (Lipinski definition) is 1. The first-order valence-electron chi connectivity index (χ1n) is 6.07. The van der Waals surface area contributed by atoms with Gasteiger partial charge in [-0.2, -0.15) is 0 Å². The second-order valence-electron chi connectivity index (χ2n) is 4.94. The van der Waals surface area contributed by atoms with Crippen molar-refractivity contribution >= 4 is 23.2 Å². The minimum Gasteiger partial charge on any atom is -0.316 e. The van der Waals surface area contributed by atoms with Crippen LogP contribution in [0.3, 0.4) is 0 Å². The van der Waals surface area contributed by atoms with E-state index >= 15 is 0 Å². The molecule has 0 heterocycles. The molecule has 17 heavy (non-hydrogen) atoms. The molecule has 0 aliphatic heterocycles. The topological polar surface area (TPSA) is 12.0 Å². The first-order chi connectivity index (χ1) is 7.95. The van der Waals surface area contributed by atoms with Crippen molar-refractivity contribution < 1.29 is 0 Å². The Kier molecular flexibility index (Phi) is 5.78. The van der Waals surface area contributed by atoms with Crippen molar-refractivity contribution in [3.05, 3.63) is 33.8 Å². The predicted octanol–water partition coefficient (Wildman–Crippen LogP) is 4.42. The van der Waals surface area contributed by atoms with Gasteiger partial charge in [-0.3, -0.25) is 0 Å². The summed E-state index contributed by atoms with van der Waals surface area (Å²) in [5, 5.41) is 4.83. The zero-order valence-electron chi connectivity index (χ0n) is 10.9. The Balaban J connectivity index is 2.80. The second-order valence-corrected chi connectivity index (χ2v) is 5.78. The molecule has 0 aromatic heterocycles. The molecule has 0 fully saturated rings. The Morgan fingerprint density at radius 3 is 2.29 bits per heavy atom. The minimum atomic E-state index is 0.439. The Morgan fingerprint density at radius 1 is 1.18 bits per heavy atom. The molecule has 1 rings (SSSR count). The van der Waals surface area contributed by atoms with Crippen molar-refractivity contribution in [3.8, 4) is 0 Å². The van der Waals surface area contributed by atoms with Gasteiger partial charge in [0.1, 0.15) is 0 Å². The maximum absolute atomic E-state index is 6.20. The van der Waals surface area contributed by atoms with Crippen LogP contribution >= 0.6 is 23.2 Å². The van der Waals surface area contributed by atoms with E-state index in [1.165, 1.54) is 0 Å². The molecule has 0 aliphatic carbocycles. The Morgan fingerprint density at radius 2 is 1.82 bits per heavy atom. The lowest BCUT2D eigenvalue weighted by atomic mass is 9.87. The van der Waals surface area contributed by atoms with E-state index in [2.05, 4.69) is 26.1 Å². The Labute approximate surface area is 115 Å². The van der Waals surface area contributed by atoms with Crippen LogP contribution in [0, 0.1) is 11.8 Å². The van der Waals surface area contributed by atoms with Crippen molar-refractivity contribution in [1.82, 2.24) is 5.32 Å². The minimum absolute atomic E-state index is 0.439. The van der Waals surface area contributed by atoms with Crippen molar-refractivity contribution in [3.63, 3.8) is 0 Å². The fourth-order valence-corrected chi connectivity index (χ4v) is 2.43. The SMILES string of the molecule is CNC(Cc1ccc(Cl)cc1Cl)C(C)C(C)C. The van der Waals surface area contributed by atoms with Crippen LogP contribution < -0.4 is 5.32 Å². The van der Waals surface area contributed by atoms with Crippen LogP contribution in [0.2, 0.25) is 10.0 Å². The molecule has 1 N–H and O–H groups in total. The number of nitrogens with one attached hydrogen (secondary N) is 1. The maximum atomic E-state index is 6.20. The smallest absolute Gasteiger partial charge is 0.0453 e. The van der Waals surface area contributed by atoms with E-state index in [1.807, 2.05) is 25.2 Å². The number of hydrogen-bond donors (Lipinski definition) is 1. The summed E-state index contributed by atoms with van der Waals surface area (Å²) >= 11 is 12.1. The third-order valence-corrected chi connectivity index (χ3v) is 4.10. The van der Waals surface area contributed by atoms with Gasteiger partial charge >= 0.3 is 0 Å². The van der Waals surface area contributed by atoms with E-state index < -0.39 is 0 Å². The van der Waals surface area contributed by atoms with E-state index in [0.29, 0.717) is 22.9 Å². The predicted molar refractivity (Wildman–Crippen MR) is 77.0 cm³/mol. The van der Waals surface area contributed by atoms with Gasteiger partial charge in [-0.1, -0.05) is 50.0 Å². The van der Waals surface area contributed by atoms with E-state index in [0.717, 1.165) is 17.0 Å². The van der Waals surface area contributed by atoms with Crippen LogP contribution in [0.15, 0.2) is 18.2 Å². The van der Waals surface area contributed by atoms with Crippen molar-refractivity contribution in [2.75, 3.05) is 7.05 Å². The van der Waals surface area contributed by atoms with Gasteiger partial charge in [0, 0.05) is 16.1 Å². The lowest BCUT2D eigenvalue weighted by molar-refractivity contribution is 0.310. The lowest BCUT2D eigenvalue weighted by Gasteiger charge is -2.27. The molecule has 1 aromatic carbocycles. The molecule has 0 amide bonds. The van der Waals surface area contributed by atoms with E-state index in [1.54, 1.807) is 0 Å². The molecule has 0 aliphatic rings. The quantitative estimate of drug-likeness (QED) is 0.838. The van der Waals surface area contributed by atoms with E-state index in [9.17, 15) is 0 Å². The highest BCUT2D eigenvalue weighted by Gasteiger charge is 2.19. The normalized spacial score (nSPS) is 15.0. The van der Waals surface area contributed by atoms with Gasteiger partial charge < -0.3 is 5.32 Å². The average Bonchev–Trinajstić information content (AvgIpc) is 2.27. The molecule has 0 radical (unpaired) electrons. The first kappa shape index (κ1) is 14.8. The monoisotopic (exact) mass is 273 g/mol. The van der Waals surface area contributed by atoms with Gasteiger partial charge in [0.25, 0.3) is 0 Å². The Hall–Kier alpha value is -0.240. The second kappa shape index (κ2) is 6.63. The number of benzene rings is 1. The molecule has 0 saturated heterocycles. The highest BCUT2D eigenvalue weighted by atomic mass is 35.5. The number of rotatable bonds is 5. The van der Waals surface area contributed by atoms with Crippen LogP contribution in [-0.4, -0.2) is 13.1 Å². The summed E-state index contributed by atoms with van der Waals surface area (Å²) in [7, 11) is 2.01. The van der Waals surface area contributed by atoms with Gasteiger partial charge in [-0.25, -0.2) is 0 Å². The maximum Gasteiger partial charge on any atom is 0.0453 e. The highest BCUT2D eigenvalue weighted by Crippen LogP contribution is 2.25. The zero-order chi connectivity index (χ0) is 13.0. The third kappa shape index (κ3) is 4.17. The molecule has 0 spiro atoms. The van der Waals surface area contributed by atoms with Crippen LogP contribution in [0.25, 0.3) is 0 Å². The van der Waals surface area contributed by atoms with Gasteiger partial charge in [-0.05, 0) is 43.0 Å². The van der Waals surface area contributed by atoms with Gasteiger partial charge in [0.2, 0.25) is 0 Å². The summed E-state index contributed by atoms with van der Waals surface area (Å²) in [6.45, 7) is 6.77. The van der Waals surface area contributed by atoms with Crippen molar-refractivity contribution in [2.45, 2.75) is 33.2 Å². The zero-order valence-corrected chi connectivity index (χ0v) is 12.4. The molecule has 96 valence electrons. The largest absolute Gasteiger partial charge is 0.316 e. The molecule has 1 nitrogen and oxygen atoms in total. The standard InChI is InChI=1S/C14H21Cl2N/c1-9(2)10(3)14(17-4)7-11-5-6-12(15)8-13(11)16/h5-6,8-10,14,17H,7H2,1-4H3. The van der Waals surface area contributed by atoms with Gasteiger partial charge in [0.15, 0.2) is 0 Å². The summed E-state index contributed by atoms with van der Waals surface area (Å²) in [6.07, 6.45) is 0.936. The highest BCUT2D eigenvalue weighted by molar-refractivity contribution is 6.35. The molecular weight excluding hydrogens is 253 g/mol. The number of likely N-dealkylation sites (N-methyl/N-ethyl adjacent to an activating group) is 1. The summed E-state index contributed by atoms with van der Waals surface area (Å²) in [4.78, 5) is 0. The third-order valence-electron chi connectivity index (χ3n) is 3.51. The Bertz CT molecular complexity index is 363. The fraction of sp³-hybridized carbons (Fsp3) is 0.571. The van der Waals surface area contributed by atoms with Crippen molar-refractivity contribution in [1.29, 1.82) is 0 Å². The fourth-order valence-electron chi connectivity index (χ4n) is 1.94. The summed E-state index contributed by atoms with van der Waals surface area (Å²) < 4.78 is 0. The molecule has 0 bridgehead atoms. The molecule has 0 saturated carbocycles. The average molecular weight is 274 g/mol. The van der Waals surface area contributed by atoms with Gasteiger partial charge in [-0.15, -0.1) is 0 Å². The van der Waals surface area contributed by atoms with Crippen LogP contribution in [-0.2, 0) is 6.42 Å². The molecule has 2 unspecified atom stereocenters. The van der Waals surface area contributed by atoms with E-state index in [-0.39, 0.29) is 0 Å². The molecular formula is C14H21Cl2N. The van der Waals surface area contributed by atoms with Crippen LogP contribution in [0.4, 0.5) is 0 Å². The number of halogens is 2. The van der Waals surface area contributed by atoms with Gasteiger partial charge in [0.05, 0.1) is 0 Å². The molecule has 2 atom stereocenters. The molecule has 1 aromatic rings. The lowest BCUT2D eigenvalue weighted by Crippen LogP contribution is -2.36. The summed E-state index contributed by atoms with van der Waals surface area (Å²) in [6, 6.07) is 6.16. The van der Waals surface area contributed by atoms with E-state index in [4.69, 9.17) is 23.2 Å². The first-order valence-corrected chi connectivity index (χ1v) is 6.82.